The summed E-state index contributed by atoms with van der Waals surface area (Å²) in [6.07, 6.45) is 5.34. The van der Waals surface area contributed by atoms with Gasteiger partial charge < -0.3 is 4.90 Å². The number of fused-ring (bicyclic) bond motifs is 2. The predicted molar refractivity (Wildman–Crippen MR) is 103 cm³/mol. The highest BCUT2D eigenvalue weighted by Crippen LogP contribution is 2.25. The molecule has 3 aromatic rings. The maximum absolute atomic E-state index is 13.2. The fourth-order valence-corrected chi connectivity index (χ4v) is 4.22. The van der Waals surface area contributed by atoms with Crippen molar-refractivity contribution in [2.24, 2.45) is 5.92 Å². The molecule has 8 heteroatoms. The van der Waals surface area contributed by atoms with Crippen molar-refractivity contribution in [1.29, 1.82) is 0 Å². The van der Waals surface area contributed by atoms with Crippen molar-refractivity contribution in [1.82, 2.24) is 24.2 Å². The Morgan fingerprint density at radius 2 is 1.97 bits per heavy atom. The molecule has 5 rings (SSSR count). The fraction of sp³-hybridized carbons (Fsp3) is 0.333. The number of nitrogens with zero attached hydrogens (tertiary/aromatic N) is 5. The second-order valence-corrected chi connectivity index (χ2v) is 7.61. The van der Waals surface area contributed by atoms with Gasteiger partial charge in [-0.25, -0.2) is 9.37 Å². The zero-order valence-corrected chi connectivity index (χ0v) is 15.8. The Bertz CT molecular complexity index is 1130. The van der Waals surface area contributed by atoms with E-state index in [1.165, 1.54) is 23.0 Å². The van der Waals surface area contributed by atoms with E-state index >= 15 is 0 Å². The Morgan fingerprint density at radius 3 is 2.79 bits per heavy atom. The largest absolute Gasteiger partial charge is 0.338 e. The van der Waals surface area contributed by atoms with Crippen molar-refractivity contribution in [2.75, 3.05) is 6.54 Å². The van der Waals surface area contributed by atoms with Crippen LogP contribution in [0.2, 0.25) is 0 Å². The Labute approximate surface area is 166 Å². The first-order valence-electron chi connectivity index (χ1n) is 9.74. The zero-order chi connectivity index (χ0) is 20.0. The first-order valence-corrected chi connectivity index (χ1v) is 9.74. The van der Waals surface area contributed by atoms with Gasteiger partial charge in [-0.05, 0) is 48.2 Å². The molecule has 0 radical (unpaired) electrons. The quantitative estimate of drug-likeness (QED) is 0.665. The van der Waals surface area contributed by atoms with Crippen molar-refractivity contribution < 1.29 is 9.18 Å². The summed E-state index contributed by atoms with van der Waals surface area (Å²) in [5, 5.41) is 4.17. The number of pyridine rings is 1. The van der Waals surface area contributed by atoms with E-state index < -0.39 is 0 Å². The van der Waals surface area contributed by atoms with Gasteiger partial charge in [0.05, 0.1) is 0 Å². The molecule has 0 fully saturated rings. The average molecular weight is 393 g/mol. The number of carbonyl (C=O) groups is 1. The average Bonchev–Trinajstić information content (AvgIpc) is 3.21. The molecule has 7 nitrogen and oxygen atoms in total. The topological polar surface area (TPSA) is 73.0 Å². The van der Waals surface area contributed by atoms with Gasteiger partial charge in [0.15, 0.2) is 0 Å². The number of aryl methyl sites for hydroxylation is 1. The van der Waals surface area contributed by atoms with Crippen LogP contribution >= 0.6 is 0 Å². The molecule has 29 heavy (non-hydrogen) atoms. The Balaban J connectivity index is 1.39. The van der Waals surface area contributed by atoms with E-state index in [0.717, 1.165) is 23.4 Å². The van der Waals surface area contributed by atoms with Crippen LogP contribution in [0.4, 0.5) is 4.39 Å². The third-order valence-electron chi connectivity index (χ3n) is 5.82. The number of halogens is 1. The summed E-state index contributed by atoms with van der Waals surface area (Å²) in [6.45, 7) is 1.79. The van der Waals surface area contributed by atoms with E-state index in [2.05, 4.69) is 10.1 Å². The number of benzene rings is 1. The SMILES string of the molecule is O=C(C1CCn2ncnc2C1)N1CCc2cc(=O)n(-c3ccc(F)cc3)cc2C1. The van der Waals surface area contributed by atoms with Gasteiger partial charge in [-0.3, -0.25) is 18.8 Å². The van der Waals surface area contributed by atoms with Crippen molar-refractivity contribution in [3.63, 3.8) is 0 Å². The van der Waals surface area contributed by atoms with Crippen LogP contribution in [0.25, 0.3) is 5.69 Å². The molecule has 2 aliphatic heterocycles. The molecule has 1 amide bonds. The fourth-order valence-electron chi connectivity index (χ4n) is 4.22. The highest BCUT2D eigenvalue weighted by Gasteiger charge is 2.31. The molecular weight excluding hydrogens is 373 g/mol. The van der Waals surface area contributed by atoms with Crippen molar-refractivity contribution in [3.8, 4) is 5.69 Å². The second kappa shape index (κ2) is 6.95. The van der Waals surface area contributed by atoms with Gasteiger partial charge in [0.25, 0.3) is 5.56 Å². The number of hydrogen-bond acceptors (Lipinski definition) is 4. The van der Waals surface area contributed by atoms with Crippen LogP contribution in [-0.4, -0.2) is 36.7 Å². The highest BCUT2D eigenvalue weighted by molar-refractivity contribution is 5.79. The highest BCUT2D eigenvalue weighted by atomic mass is 19.1. The minimum atomic E-state index is -0.347. The zero-order valence-electron chi connectivity index (χ0n) is 15.8. The lowest BCUT2D eigenvalue weighted by Gasteiger charge is -2.33. The lowest BCUT2D eigenvalue weighted by atomic mass is 9.94. The van der Waals surface area contributed by atoms with Crippen molar-refractivity contribution in [2.45, 2.75) is 32.4 Å². The Morgan fingerprint density at radius 1 is 1.14 bits per heavy atom. The Kier molecular flexibility index (Phi) is 4.26. The summed E-state index contributed by atoms with van der Waals surface area (Å²) >= 11 is 0. The molecule has 2 aliphatic rings. The first kappa shape index (κ1) is 17.8. The minimum absolute atomic E-state index is 0.0868. The molecule has 2 aromatic heterocycles. The first-order chi connectivity index (χ1) is 14.1. The van der Waals surface area contributed by atoms with Crippen LogP contribution in [0, 0.1) is 11.7 Å². The van der Waals surface area contributed by atoms with Crippen LogP contribution in [-0.2, 0) is 30.7 Å². The number of hydrogen-bond donors (Lipinski definition) is 0. The number of carbonyl (C=O) groups excluding carboxylic acids is 1. The normalized spacial score (nSPS) is 18.2. The van der Waals surface area contributed by atoms with E-state index in [0.29, 0.717) is 38.2 Å². The van der Waals surface area contributed by atoms with Crippen molar-refractivity contribution >= 4 is 5.91 Å². The molecule has 148 valence electrons. The maximum Gasteiger partial charge on any atom is 0.255 e. The molecule has 0 spiro atoms. The van der Waals surface area contributed by atoms with Crippen LogP contribution < -0.4 is 5.56 Å². The molecular formula is C21H20FN5O2. The molecule has 0 saturated carbocycles. The van der Waals surface area contributed by atoms with Crippen LogP contribution in [0.5, 0.6) is 0 Å². The van der Waals surface area contributed by atoms with Gasteiger partial charge in [-0.1, -0.05) is 0 Å². The Hall–Kier alpha value is -3.29. The van der Waals surface area contributed by atoms with Gasteiger partial charge in [-0.15, -0.1) is 0 Å². The third kappa shape index (κ3) is 3.24. The van der Waals surface area contributed by atoms with E-state index in [1.807, 2.05) is 9.58 Å². The lowest BCUT2D eigenvalue weighted by Crippen LogP contribution is -2.42. The van der Waals surface area contributed by atoms with E-state index in [9.17, 15) is 14.0 Å². The molecule has 0 aliphatic carbocycles. The van der Waals surface area contributed by atoms with Gasteiger partial charge >= 0.3 is 0 Å². The maximum atomic E-state index is 13.2. The molecule has 0 bridgehead atoms. The second-order valence-electron chi connectivity index (χ2n) is 7.61. The van der Waals surface area contributed by atoms with Gasteiger partial charge in [-0.2, -0.15) is 5.10 Å². The molecule has 4 heterocycles. The smallest absolute Gasteiger partial charge is 0.255 e. The number of aromatic nitrogens is 4. The molecule has 1 atom stereocenters. The van der Waals surface area contributed by atoms with E-state index in [1.54, 1.807) is 24.4 Å². The minimum Gasteiger partial charge on any atom is -0.338 e. The van der Waals surface area contributed by atoms with Crippen LogP contribution in [0.3, 0.4) is 0 Å². The van der Waals surface area contributed by atoms with E-state index in [-0.39, 0.29) is 23.2 Å². The standard InChI is InChI=1S/C21H20FN5O2/c22-17-1-3-18(4-2-17)26-12-16-11-25(7-5-14(16)10-20(26)28)21(29)15-6-8-27-19(9-15)23-13-24-27/h1-4,10,12-13,15H,5-9,11H2. The molecule has 0 N–H and O–H groups in total. The summed E-state index contributed by atoms with van der Waals surface area (Å²) in [6, 6.07) is 7.45. The number of rotatable bonds is 2. The van der Waals surface area contributed by atoms with Crippen LogP contribution in [0.15, 0.2) is 47.7 Å². The summed E-state index contributed by atoms with van der Waals surface area (Å²) < 4.78 is 16.6. The van der Waals surface area contributed by atoms with Crippen molar-refractivity contribution in [3.05, 3.63) is 76.0 Å². The van der Waals surface area contributed by atoms with Gasteiger partial charge in [0.2, 0.25) is 5.91 Å². The summed E-state index contributed by atoms with van der Waals surface area (Å²) in [7, 11) is 0. The van der Waals surface area contributed by atoms with Gasteiger partial charge in [0.1, 0.15) is 18.0 Å². The summed E-state index contributed by atoms with van der Waals surface area (Å²) in [4.78, 5) is 31.7. The van der Waals surface area contributed by atoms with Crippen LogP contribution in [0.1, 0.15) is 23.4 Å². The molecule has 0 saturated heterocycles. The monoisotopic (exact) mass is 393 g/mol. The lowest BCUT2D eigenvalue weighted by molar-refractivity contribution is -0.137. The van der Waals surface area contributed by atoms with E-state index in [4.69, 9.17) is 0 Å². The predicted octanol–water partition coefficient (Wildman–Crippen LogP) is 1.72. The summed E-state index contributed by atoms with van der Waals surface area (Å²) in [5.74, 6) is 0.553. The number of amides is 1. The van der Waals surface area contributed by atoms with Gasteiger partial charge in [0, 0.05) is 49.9 Å². The summed E-state index contributed by atoms with van der Waals surface area (Å²) in [5.41, 5.74) is 2.38. The third-order valence-corrected chi connectivity index (χ3v) is 5.82. The molecule has 1 unspecified atom stereocenters. The molecule has 1 aromatic carbocycles.